The van der Waals surface area contributed by atoms with E-state index < -0.39 is 11.3 Å². The Kier molecular flexibility index (Phi) is 5.47. The van der Waals surface area contributed by atoms with E-state index in [2.05, 4.69) is 5.32 Å². The van der Waals surface area contributed by atoms with Crippen molar-refractivity contribution in [3.63, 3.8) is 0 Å². The summed E-state index contributed by atoms with van der Waals surface area (Å²) in [4.78, 5) is 35.8. The number of amides is 1. The molecule has 1 heterocycles. The third kappa shape index (κ3) is 4.70. The van der Waals surface area contributed by atoms with Crippen molar-refractivity contribution in [2.75, 3.05) is 5.32 Å². The van der Waals surface area contributed by atoms with E-state index in [1.165, 1.54) is 6.92 Å². The van der Waals surface area contributed by atoms with Gasteiger partial charge in [0, 0.05) is 17.3 Å². The highest BCUT2D eigenvalue weighted by atomic mass is 16.5. The molecule has 0 aliphatic carbocycles. The van der Waals surface area contributed by atoms with Crippen LogP contribution < -0.4 is 15.5 Å². The molecule has 0 atom stereocenters. The van der Waals surface area contributed by atoms with Crippen LogP contribution in [0.25, 0.3) is 0 Å². The van der Waals surface area contributed by atoms with Gasteiger partial charge in [0.2, 0.25) is 11.2 Å². The van der Waals surface area contributed by atoms with E-state index >= 15 is 0 Å². The molecule has 0 spiro atoms. The molecule has 1 amide bonds. The molecule has 0 aliphatic heterocycles. The van der Waals surface area contributed by atoms with Gasteiger partial charge in [-0.25, -0.2) is 0 Å². The van der Waals surface area contributed by atoms with Gasteiger partial charge in [0.25, 0.3) is 5.91 Å². The van der Waals surface area contributed by atoms with E-state index in [1.807, 2.05) is 30.3 Å². The van der Waals surface area contributed by atoms with E-state index in [-0.39, 0.29) is 23.9 Å². The van der Waals surface area contributed by atoms with Gasteiger partial charge in [-0.15, -0.1) is 0 Å². The van der Waals surface area contributed by atoms with Crippen LogP contribution in [0, 0.1) is 0 Å². The highest BCUT2D eigenvalue weighted by molar-refractivity contribution is 6.03. The molecule has 0 aliphatic rings. The number of Topliss-reactive ketones (excluding diaryl/α,β-unsaturated/α-hetero) is 1. The summed E-state index contributed by atoms with van der Waals surface area (Å²) in [6, 6.07) is 16.9. The first kappa shape index (κ1) is 18.1. The van der Waals surface area contributed by atoms with Gasteiger partial charge in [0.1, 0.15) is 12.9 Å². The predicted octanol–water partition coefficient (Wildman–Crippen LogP) is 3.67. The Morgan fingerprint density at radius 2 is 1.81 bits per heavy atom. The Morgan fingerprint density at radius 1 is 1.04 bits per heavy atom. The van der Waals surface area contributed by atoms with Crippen LogP contribution >= 0.6 is 0 Å². The fourth-order valence-electron chi connectivity index (χ4n) is 2.37. The maximum absolute atomic E-state index is 12.3. The molecule has 1 aromatic heterocycles. The highest BCUT2D eigenvalue weighted by Crippen LogP contribution is 2.14. The number of anilines is 1. The van der Waals surface area contributed by atoms with Crippen molar-refractivity contribution in [1.29, 1.82) is 0 Å². The van der Waals surface area contributed by atoms with Crippen molar-refractivity contribution < 1.29 is 18.7 Å². The minimum Gasteiger partial charge on any atom is -0.482 e. The third-order valence-electron chi connectivity index (χ3n) is 3.79. The quantitative estimate of drug-likeness (QED) is 0.675. The maximum Gasteiger partial charge on any atom is 0.291 e. The zero-order valence-corrected chi connectivity index (χ0v) is 14.6. The molecule has 0 radical (unpaired) electrons. The predicted molar refractivity (Wildman–Crippen MR) is 100 cm³/mol. The molecule has 0 unspecified atom stereocenters. The van der Waals surface area contributed by atoms with Gasteiger partial charge in [0.05, 0.1) is 0 Å². The van der Waals surface area contributed by atoms with Crippen LogP contribution in [-0.4, -0.2) is 11.7 Å². The molecule has 3 rings (SSSR count). The van der Waals surface area contributed by atoms with Crippen molar-refractivity contribution in [3.05, 3.63) is 94.0 Å². The first-order valence-electron chi connectivity index (χ1n) is 8.25. The second kappa shape index (κ2) is 8.14. The monoisotopic (exact) mass is 363 g/mol. The van der Waals surface area contributed by atoms with Crippen LogP contribution in [0.15, 0.2) is 76.1 Å². The number of carbonyl (C=O) groups is 2. The molecule has 0 saturated heterocycles. The summed E-state index contributed by atoms with van der Waals surface area (Å²) in [6.45, 7) is 1.66. The van der Waals surface area contributed by atoms with Gasteiger partial charge in [-0.05, 0) is 24.6 Å². The Labute approximate surface area is 155 Å². The Bertz CT molecular complexity index is 1020. The Balaban J connectivity index is 1.69. The molecule has 0 fully saturated rings. The molecule has 2 aromatic carbocycles. The normalized spacial score (nSPS) is 10.3. The maximum atomic E-state index is 12.3. The standard InChI is InChI=1S/C21H17NO5/c1-14(23)16-8-5-9-17(10-16)22-21(25)19-11-18(24)20(13-27-19)26-12-15-6-3-2-4-7-15/h2-11,13H,12H2,1H3,(H,22,25). The summed E-state index contributed by atoms with van der Waals surface area (Å²) in [5, 5.41) is 2.59. The number of hydrogen-bond acceptors (Lipinski definition) is 5. The lowest BCUT2D eigenvalue weighted by Crippen LogP contribution is -2.16. The van der Waals surface area contributed by atoms with Crippen molar-refractivity contribution in [1.82, 2.24) is 0 Å². The molecule has 27 heavy (non-hydrogen) atoms. The average molecular weight is 363 g/mol. The molecule has 3 aromatic rings. The van der Waals surface area contributed by atoms with Crippen LogP contribution in [0.1, 0.15) is 33.4 Å². The molecule has 6 heteroatoms. The lowest BCUT2D eigenvalue weighted by molar-refractivity contribution is 0.0989. The second-order valence-corrected chi connectivity index (χ2v) is 5.84. The Hall–Kier alpha value is -3.67. The molecular formula is C21H17NO5. The first-order valence-corrected chi connectivity index (χ1v) is 8.25. The molecule has 0 bridgehead atoms. The SMILES string of the molecule is CC(=O)c1cccc(NC(=O)c2cc(=O)c(OCc3ccccc3)co2)c1. The number of carbonyl (C=O) groups excluding carboxylic acids is 2. The van der Waals surface area contributed by atoms with Gasteiger partial charge < -0.3 is 14.5 Å². The van der Waals surface area contributed by atoms with E-state index in [4.69, 9.17) is 9.15 Å². The molecule has 136 valence electrons. The fraction of sp³-hybridized carbons (Fsp3) is 0.0952. The zero-order chi connectivity index (χ0) is 19.2. The summed E-state index contributed by atoms with van der Waals surface area (Å²) >= 11 is 0. The van der Waals surface area contributed by atoms with Crippen LogP contribution in [0.3, 0.4) is 0 Å². The summed E-state index contributed by atoms with van der Waals surface area (Å²) in [7, 11) is 0. The van der Waals surface area contributed by atoms with Crippen LogP contribution in [0.2, 0.25) is 0 Å². The summed E-state index contributed by atoms with van der Waals surface area (Å²) in [5.41, 5.74) is 1.35. The highest BCUT2D eigenvalue weighted by Gasteiger charge is 2.13. The van der Waals surface area contributed by atoms with Crippen molar-refractivity contribution in [2.45, 2.75) is 13.5 Å². The molecule has 1 N–H and O–H groups in total. The number of hydrogen-bond donors (Lipinski definition) is 1. The van der Waals surface area contributed by atoms with Gasteiger partial charge >= 0.3 is 0 Å². The first-order chi connectivity index (χ1) is 13.0. The molecule has 0 saturated carbocycles. The van der Waals surface area contributed by atoms with Gasteiger partial charge in [-0.1, -0.05) is 42.5 Å². The van der Waals surface area contributed by atoms with Gasteiger partial charge in [-0.3, -0.25) is 14.4 Å². The third-order valence-corrected chi connectivity index (χ3v) is 3.79. The largest absolute Gasteiger partial charge is 0.482 e. The van der Waals surface area contributed by atoms with Gasteiger partial charge in [-0.2, -0.15) is 0 Å². The van der Waals surface area contributed by atoms with Gasteiger partial charge in [0.15, 0.2) is 11.5 Å². The minimum absolute atomic E-state index is 0.0222. The summed E-state index contributed by atoms with van der Waals surface area (Å²) in [5.74, 6) is -0.839. The summed E-state index contributed by atoms with van der Waals surface area (Å²) in [6.07, 6.45) is 1.12. The zero-order valence-electron chi connectivity index (χ0n) is 14.6. The van der Waals surface area contributed by atoms with Crippen molar-refractivity contribution >= 4 is 17.4 Å². The van der Waals surface area contributed by atoms with Crippen molar-refractivity contribution in [3.8, 4) is 5.75 Å². The number of nitrogens with one attached hydrogen (secondary N) is 1. The Morgan fingerprint density at radius 3 is 2.52 bits per heavy atom. The lowest BCUT2D eigenvalue weighted by Gasteiger charge is -2.07. The number of benzene rings is 2. The van der Waals surface area contributed by atoms with Crippen LogP contribution in [0.4, 0.5) is 5.69 Å². The van der Waals surface area contributed by atoms with E-state index in [1.54, 1.807) is 24.3 Å². The van der Waals surface area contributed by atoms with E-state index in [0.29, 0.717) is 11.3 Å². The summed E-state index contributed by atoms with van der Waals surface area (Å²) < 4.78 is 10.7. The average Bonchev–Trinajstić information content (AvgIpc) is 2.68. The van der Waals surface area contributed by atoms with Crippen molar-refractivity contribution in [2.24, 2.45) is 0 Å². The van der Waals surface area contributed by atoms with E-state index in [9.17, 15) is 14.4 Å². The smallest absolute Gasteiger partial charge is 0.291 e. The number of rotatable bonds is 6. The topological polar surface area (TPSA) is 85.6 Å². The molecular weight excluding hydrogens is 346 g/mol. The van der Waals surface area contributed by atoms with Crippen LogP contribution in [-0.2, 0) is 6.61 Å². The minimum atomic E-state index is -0.595. The fourth-order valence-corrected chi connectivity index (χ4v) is 2.37. The molecule has 6 nitrogen and oxygen atoms in total. The van der Waals surface area contributed by atoms with E-state index in [0.717, 1.165) is 17.9 Å². The second-order valence-electron chi connectivity index (χ2n) is 5.84. The number of ketones is 1. The lowest BCUT2D eigenvalue weighted by atomic mass is 10.1. The van der Waals surface area contributed by atoms with Crippen LogP contribution in [0.5, 0.6) is 5.75 Å². The number of ether oxygens (including phenoxy) is 1.